The number of nitrogens with one attached hydrogen (secondary N) is 2. The molecule has 0 saturated heterocycles. The molecule has 0 fully saturated rings. The van der Waals surface area contributed by atoms with Gasteiger partial charge in [-0.25, -0.2) is 14.4 Å². The second-order valence-electron chi connectivity index (χ2n) is 17.4. The van der Waals surface area contributed by atoms with Gasteiger partial charge in [0.05, 0.1) is 7.11 Å². The number of Topliss-reactive ketones (excluding diaryl/α,β-unsaturated/α-hetero) is 2. The Balaban J connectivity index is 0.000000284. The molecular formula is C52H60N4O11. The first kappa shape index (κ1) is 50.8. The molecule has 4 amide bonds. The largest absolute Gasteiger partial charge is 0.480 e. The average molecular weight is 917 g/mol. The standard InChI is InChI=1S/C32H41N3O7.C20H19NO4/c1-32(2,3)42-31(40)33-19-11-10-16-25(30(39)41-4)34-29(38)26-20-23-14-8-9-15-24(23)21-35(26)28(37)18-17-27(36)22-12-6-5-7-13-22;22-18(14-6-2-1-3-7-14)10-11-19(23)21-13-16-9-5-4-8-15(16)12-17(21)20(24)25/h5-9,12-15,25-26H,10-11,16-21H2,1-4H3,(H,33,40)(H,34,38);1-9,17H,10-13H2,(H,24,25)/t25-,26-;17-/m00/s1. The molecule has 2 aliphatic rings. The van der Waals surface area contributed by atoms with Crippen LogP contribution in [0.4, 0.5) is 4.79 Å². The fourth-order valence-electron chi connectivity index (χ4n) is 7.93. The van der Waals surface area contributed by atoms with Crippen molar-refractivity contribution in [3.05, 3.63) is 143 Å². The maximum absolute atomic E-state index is 13.6. The summed E-state index contributed by atoms with van der Waals surface area (Å²) in [6, 6.07) is 30.1. The molecule has 4 aromatic carbocycles. The molecule has 0 bridgehead atoms. The molecule has 0 saturated carbocycles. The topological polar surface area (TPSA) is 206 Å². The van der Waals surface area contributed by atoms with Crippen molar-refractivity contribution in [2.24, 2.45) is 0 Å². The number of alkyl carbamates (subject to hydrolysis) is 1. The van der Waals surface area contributed by atoms with Crippen LogP contribution >= 0.6 is 0 Å². The maximum atomic E-state index is 13.6. The van der Waals surface area contributed by atoms with Crippen molar-refractivity contribution in [3.8, 4) is 0 Å². The highest BCUT2D eigenvalue weighted by Crippen LogP contribution is 2.27. The molecule has 0 radical (unpaired) electrons. The Morgan fingerprint density at radius 2 is 1.07 bits per heavy atom. The molecule has 0 aliphatic carbocycles. The Bertz CT molecular complexity index is 2380. The molecule has 15 heteroatoms. The van der Waals surface area contributed by atoms with Crippen LogP contribution < -0.4 is 10.6 Å². The molecule has 354 valence electrons. The van der Waals surface area contributed by atoms with E-state index < -0.39 is 47.7 Å². The first-order valence-corrected chi connectivity index (χ1v) is 22.5. The van der Waals surface area contributed by atoms with Gasteiger partial charge < -0.3 is 35.0 Å². The molecule has 3 atom stereocenters. The summed E-state index contributed by atoms with van der Waals surface area (Å²) >= 11 is 0. The van der Waals surface area contributed by atoms with E-state index in [4.69, 9.17) is 9.47 Å². The number of ketones is 2. The number of carboxylic acids is 1. The Hall–Kier alpha value is -7.16. The monoisotopic (exact) mass is 916 g/mol. The van der Waals surface area contributed by atoms with E-state index in [0.717, 1.165) is 22.3 Å². The third kappa shape index (κ3) is 15.2. The summed E-state index contributed by atoms with van der Waals surface area (Å²) in [6.45, 7) is 6.18. The molecule has 6 rings (SSSR count). The highest BCUT2D eigenvalue weighted by atomic mass is 16.6. The van der Waals surface area contributed by atoms with E-state index in [1.54, 1.807) is 69.3 Å². The maximum Gasteiger partial charge on any atom is 0.407 e. The molecule has 4 aromatic rings. The van der Waals surface area contributed by atoms with E-state index in [1.165, 1.54) is 16.9 Å². The number of hydrogen-bond acceptors (Lipinski definition) is 10. The highest BCUT2D eigenvalue weighted by Gasteiger charge is 2.37. The minimum Gasteiger partial charge on any atom is -0.480 e. The average Bonchev–Trinajstić information content (AvgIpc) is 3.33. The van der Waals surface area contributed by atoms with Crippen LogP contribution in [-0.2, 0) is 59.4 Å². The first-order valence-electron chi connectivity index (χ1n) is 22.5. The van der Waals surface area contributed by atoms with E-state index in [2.05, 4.69) is 10.6 Å². The van der Waals surface area contributed by atoms with Gasteiger partial charge in [-0.3, -0.25) is 24.0 Å². The number of ether oxygens (including phenoxy) is 2. The number of carbonyl (C=O) groups is 8. The highest BCUT2D eigenvalue weighted by molar-refractivity contribution is 5.99. The van der Waals surface area contributed by atoms with E-state index in [-0.39, 0.29) is 75.0 Å². The van der Waals surface area contributed by atoms with Crippen LogP contribution in [0.2, 0.25) is 0 Å². The van der Waals surface area contributed by atoms with Crippen LogP contribution in [0.3, 0.4) is 0 Å². The van der Waals surface area contributed by atoms with Crippen molar-refractivity contribution in [2.45, 2.75) is 115 Å². The predicted octanol–water partition coefficient (Wildman–Crippen LogP) is 6.64. The second kappa shape index (κ2) is 24.4. The van der Waals surface area contributed by atoms with E-state index >= 15 is 0 Å². The molecule has 2 heterocycles. The number of fused-ring (bicyclic) bond motifs is 2. The molecule has 0 aromatic heterocycles. The van der Waals surface area contributed by atoms with Gasteiger partial charge >= 0.3 is 18.0 Å². The lowest BCUT2D eigenvalue weighted by Gasteiger charge is -2.36. The summed E-state index contributed by atoms with van der Waals surface area (Å²) in [7, 11) is 1.25. The van der Waals surface area contributed by atoms with Crippen molar-refractivity contribution in [1.29, 1.82) is 0 Å². The number of hydrogen-bond donors (Lipinski definition) is 3. The fourth-order valence-corrected chi connectivity index (χ4v) is 7.93. The normalized spacial score (nSPS) is 15.5. The van der Waals surface area contributed by atoms with Crippen LogP contribution in [0.1, 0.15) is 109 Å². The van der Waals surface area contributed by atoms with Gasteiger partial charge in [0.15, 0.2) is 11.6 Å². The second-order valence-corrected chi connectivity index (χ2v) is 17.4. The van der Waals surface area contributed by atoms with Gasteiger partial charge in [-0.05, 0) is 62.3 Å². The van der Waals surface area contributed by atoms with Gasteiger partial charge in [-0.2, -0.15) is 0 Å². The summed E-state index contributed by atoms with van der Waals surface area (Å²) in [4.78, 5) is 103. The van der Waals surface area contributed by atoms with Gasteiger partial charge in [0.1, 0.15) is 23.7 Å². The zero-order valence-corrected chi connectivity index (χ0v) is 38.5. The summed E-state index contributed by atoms with van der Waals surface area (Å²) in [5, 5.41) is 14.9. The molecule has 2 aliphatic heterocycles. The van der Waals surface area contributed by atoms with Gasteiger partial charge in [0.2, 0.25) is 17.7 Å². The van der Waals surface area contributed by atoms with Crippen molar-refractivity contribution < 1.29 is 52.9 Å². The van der Waals surface area contributed by atoms with Gasteiger partial charge in [-0.15, -0.1) is 0 Å². The lowest BCUT2D eigenvalue weighted by atomic mass is 9.92. The third-order valence-electron chi connectivity index (χ3n) is 11.4. The Morgan fingerprint density at radius 1 is 0.627 bits per heavy atom. The van der Waals surface area contributed by atoms with Crippen molar-refractivity contribution in [2.75, 3.05) is 13.7 Å². The Morgan fingerprint density at radius 3 is 1.54 bits per heavy atom. The zero-order valence-electron chi connectivity index (χ0n) is 38.5. The number of amides is 4. The van der Waals surface area contributed by atoms with Crippen LogP contribution in [-0.4, -0.2) is 99.6 Å². The molecule has 15 nitrogen and oxygen atoms in total. The van der Waals surface area contributed by atoms with Crippen LogP contribution in [0.5, 0.6) is 0 Å². The molecule has 0 spiro atoms. The van der Waals surface area contributed by atoms with Gasteiger partial charge in [0.25, 0.3) is 0 Å². The molecular weight excluding hydrogens is 857 g/mol. The van der Waals surface area contributed by atoms with Gasteiger partial charge in [0, 0.05) is 69.3 Å². The Kier molecular flexibility index (Phi) is 18.5. The number of rotatable bonds is 17. The van der Waals surface area contributed by atoms with E-state index in [9.17, 15) is 43.5 Å². The lowest BCUT2D eigenvalue weighted by molar-refractivity contribution is -0.151. The lowest BCUT2D eigenvalue weighted by Crippen LogP contribution is -2.55. The van der Waals surface area contributed by atoms with Crippen molar-refractivity contribution in [3.63, 3.8) is 0 Å². The third-order valence-corrected chi connectivity index (χ3v) is 11.4. The summed E-state index contributed by atoms with van der Waals surface area (Å²) < 4.78 is 10.1. The number of carboxylic acid groups (broad SMARTS) is 1. The minimum atomic E-state index is -1.02. The van der Waals surface area contributed by atoms with E-state index in [0.29, 0.717) is 36.9 Å². The quantitative estimate of drug-likeness (QED) is 0.0582. The zero-order chi connectivity index (χ0) is 48.5. The summed E-state index contributed by atoms with van der Waals surface area (Å²) in [5.74, 6) is -2.94. The number of esters is 1. The number of benzene rings is 4. The number of aliphatic carboxylic acids is 1. The summed E-state index contributed by atoms with van der Waals surface area (Å²) in [5.41, 5.74) is 4.30. The molecule has 3 N–H and O–H groups in total. The van der Waals surface area contributed by atoms with Crippen molar-refractivity contribution >= 4 is 47.3 Å². The van der Waals surface area contributed by atoms with Crippen molar-refractivity contribution in [1.82, 2.24) is 20.4 Å². The van der Waals surface area contributed by atoms with Crippen LogP contribution in [0, 0.1) is 0 Å². The molecule has 0 unspecified atom stereocenters. The fraction of sp³-hybridized carbons (Fsp3) is 0.385. The predicted molar refractivity (Wildman–Crippen MR) is 249 cm³/mol. The smallest absolute Gasteiger partial charge is 0.407 e. The summed E-state index contributed by atoms with van der Waals surface area (Å²) in [6.07, 6.45) is 1.51. The number of nitrogens with zero attached hydrogens (tertiary/aromatic N) is 2. The number of methoxy groups -OCH3 is 1. The van der Waals surface area contributed by atoms with Gasteiger partial charge in [-0.1, -0.05) is 109 Å². The SMILES string of the molecule is COC(=O)[C@H](CCCCNC(=O)OC(C)(C)C)NC(=O)[C@@H]1Cc2ccccc2CN1C(=O)CCC(=O)c1ccccc1.O=C(CCC(=O)N1Cc2ccccc2C[C@H]1C(=O)O)c1ccccc1. The van der Waals surface area contributed by atoms with E-state index in [1.807, 2.05) is 60.7 Å². The Labute approximate surface area is 391 Å². The number of carbonyl (C=O) groups excluding carboxylic acids is 7. The molecule has 67 heavy (non-hydrogen) atoms. The number of unbranched alkanes of at least 4 members (excludes halogenated alkanes) is 1. The minimum absolute atomic E-state index is 0.0136. The van der Waals surface area contributed by atoms with Crippen LogP contribution in [0.15, 0.2) is 109 Å². The van der Waals surface area contributed by atoms with Crippen LogP contribution in [0.25, 0.3) is 0 Å². The first-order chi connectivity index (χ1) is 32.0.